The molecule has 1 saturated heterocycles. The van der Waals surface area contributed by atoms with Gasteiger partial charge in [-0.3, -0.25) is 0 Å². The lowest BCUT2D eigenvalue weighted by molar-refractivity contribution is 0.109. The van der Waals surface area contributed by atoms with Crippen molar-refractivity contribution in [3.8, 4) is 5.75 Å². The summed E-state index contributed by atoms with van der Waals surface area (Å²) in [7, 11) is 1.72. The summed E-state index contributed by atoms with van der Waals surface area (Å²) in [6, 6.07) is 8.43. The van der Waals surface area contributed by atoms with Gasteiger partial charge in [0.15, 0.2) is 0 Å². The van der Waals surface area contributed by atoms with Gasteiger partial charge in [0.05, 0.1) is 26.0 Å². The average Bonchev–Trinajstić information content (AvgIpc) is 3.17. The Morgan fingerprint density at radius 3 is 3.16 bits per heavy atom. The van der Waals surface area contributed by atoms with E-state index in [1.54, 1.807) is 7.11 Å². The Labute approximate surface area is 149 Å². The van der Waals surface area contributed by atoms with Crippen LogP contribution in [0.25, 0.3) is 0 Å². The monoisotopic (exact) mass is 339 g/mol. The molecule has 0 spiro atoms. The van der Waals surface area contributed by atoms with Crippen molar-refractivity contribution >= 4 is 5.95 Å². The molecule has 4 rings (SSSR count). The van der Waals surface area contributed by atoms with Crippen molar-refractivity contribution in [3.63, 3.8) is 0 Å². The zero-order chi connectivity index (χ0) is 17.2. The number of hydrogen-bond donors (Lipinski definition) is 0. The third-order valence-electron chi connectivity index (χ3n) is 5.52. The number of benzene rings is 1. The molecule has 0 amide bonds. The van der Waals surface area contributed by atoms with Crippen LogP contribution in [0.3, 0.4) is 0 Å². The average molecular weight is 339 g/mol. The fourth-order valence-electron chi connectivity index (χ4n) is 3.85. The quantitative estimate of drug-likeness (QED) is 0.856. The molecule has 2 aromatic rings. The van der Waals surface area contributed by atoms with Gasteiger partial charge in [0.25, 0.3) is 0 Å². The minimum atomic E-state index is 0.492. The molecular formula is C20H25N3O2. The van der Waals surface area contributed by atoms with Crippen LogP contribution in [-0.2, 0) is 17.8 Å². The Morgan fingerprint density at radius 2 is 2.28 bits per heavy atom. The molecule has 0 saturated carbocycles. The van der Waals surface area contributed by atoms with Gasteiger partial charge in [0.2, 0.25) is 5.95 Å². The topological polar surface area (TPSA) is 47.5 Å². The van der Waals surface area contributed by atoms with E-state index in [1.165, 1.54) is 12.0 Å². The summed E-state index contributed by atoms with van der Waals surface area (Å²) in [5, 5.41) is 0. The van der Waals surface area contributed by atoms with Crippen LogP contribution in [0, 0.1) is 5.92 Å². The van der Waals surface area contributed by atoms with Crippen LogP contribution in [0.4, 0.5) is 5.95 Å². The molecule has 1 aromatic carbocycles. The third kappa shape index (κ3) is 3.33. The maximum absolute atomic E-state index is 5.47. The number of nitrogens with zero attached hydrogens (tertiary/aromatic N) is 3. The molecule has 2 aliphatic rings. The first-order valence-electron chi connectivity index (χ1n) is 9.06. The van der Waals surface area contributed by atoms with E-state index in [-0.39, 0.29) is 0 Å². The maximum Gasteiger partial charge on any atom is 0.225 e. The highest BCUT2D eigenvalue weighted by molar-refractivity contribution is 5.37. The van der Waals surface area contributed by atoms with Gasteiger partial charge >= 0.3 is 0 Å². The normalized spacial score (nSPS) is 21.0. The summed E-state index contributed by atoms with van der Waals surface area (Å²) in [4.78, 5) is 11.7. The molecule has 132 valence electrons. The SMILES string of the molecule is COc1cccc(C(C)C2CCN(c3ncc4c(n3)CCOC4)C2)c1. The van der Waals surface area contributed by atoms with Crippen LogP contribution in [0.1, 0.15) is 36.1 Å². The number of aromatic nitrogens is 2. The van der Waals surface area contributed by atoms with E-state index < -0.39 is 0 Å². The van der Waals surface area contributed by atoms with Gasteiger partial charge in [0, 0.05) is 31.3 Å². The van der Waals surface area contributed by atoms with Crippen molar-refractivity contribution in [2.75, 3.05) is 31.7 Å². The largest absolute Gasteiger partial charge is 0.497 e. The molecule has 0 N–H and O–H groups in total. The van der Waals surface area contributed by atoms with E-state index in [0.717, 1.165) is 49.1 Å². The van der Waals surface area contributed by atoms with Gasteiger partial charge in [-0.25, -0.2) is 9.97 Å². The highest BCUT2D eigenvalue weighted by Gasteiger charge is 2.30. The van der Waals surface area contributed by atoms with Crippen LogP contribution in [-0.4, -0.2) is 36.8 Å². The predicted molar refractivity (Wildman–Crippen MR) is 97.1 cm³/mol. The van der Waals surface area contributed by atoms with E-state index in [4.69, 9.17) is 14.5 Å². The molecule has 25 heavy (non-hydrogen) atoms. The van der Waals surface area contributed by atoms with E-state index in [0.29, 0.717) is 18.4 Å². The first kappa shape index (κ1) is 16.3. The van der Waals surface area contributed by atoms with Crippen molar-refractivity contribution in [3.05, 3.63) is 47.3 Å². The van der Waals surface area contributed by atoms with Gasteiger partial charge in [0.1, 0.15) is 5.75 Å². The molecule has 2 atom stereocenters. The molecule has 3 heterocycles. The molecule has 0 radical (unpaired) electrons. The molecule has 1 aromatic heterocycles. The Bertz CT molecular complexity index is 749. The summed E-state index contributed by atoms with van der Waals surface area (Å²) in [5.41, 5.74) is 3.63. The van der Waals surface area contributed by atoms with E-state index in [9.17, 15) is 0 Å². The van der Waals surface area contributed by atoms with Crippen molar-refractivity contribution in [1.82, 2.24) is 9.97 Å². The number of fused-ring (bicyclic) bond motifs is 1. The van der Waals surface area contributed by atoms with Gasteiger partial charge in [-0.1, -0.05) is 19.1 Å². The first-order valence-corrected chi connectivity index (χ1v) is 9.06. The number of rotatable bonds is 4. The number of methoxy groups -OCH3 is 1. The van der Waals surface area contributed by atoms with Crippen molar-refractivity contribution in [1.29, 1.82) is 0 Å². The lowest BCUT2D eigenvalue weighted by Crippen LogP contribution is -2.25. The van der Waals surface area contributed by atoms with Gasteiger partial charge in [-0.15, -0.1) is 0 Å². The standard InChI is InChI=1S/C20H25N3O2/c1-14(15-4-3-5-18(10-15)24-2)16-6-8-23(12-16)20-21-11-17-13-25-9-7-19(17)22-20/h3-5,10-11,14,16H,6-9,12-13H2,1-2H3. The Hall–Kier alpha value is -2.14. The van der Waals surface area contributed by atoms with Crippen LogP contribution in [0.2, 0.25) is 0 Å². The molecule has 2 aliphatic heterocycles. The first-order chi connectivity index (χ1) is 12.2. The third-order valence-corrected chi connectivity index (χ3v) is 5.52. The van der Waals surface area contributed by atoms with Gasteiger partial charge < -0.3 is 14.4 Å². The van der Waals surface area contributed by atoms with E-state index in [1.807, 2.05) is 12.3 Å². The molecule has 0 aliphatic carbocycles. The molecule has 1 fully saturated rings. The minimum Gasteiger partial charge on any atom is -0.497 e. The summed E-state index contributed by atoms with van der Waals surface area (Å²) >= 11 is 0. The fourth-order valence-corrected chi connectivity index (χ4v) is 3.85. The predicted octanol–water partition coefficient (Wildman–Crippen LogP) is 3.19. The van der Waals surface area contributed by atoms with Crippen molar-refractivity contribution in [2.24, 2.45) is 5.92 Å². The second-order valence-corrected chi connectivity index (χ2v) is 7.00. The fraction of sp³-hybridized carbons (Fsp3) is 0.500. The number of hydrogen-bond acceptors (Lipinski definition) is 5. The molecule has 5 heteroatoms. The number of anilines is 1. The minimum absolute atomic E-state index is 0.492. The smallest absolute Gasteiger partial charge is 0.225 e. The molecule has 5 nitrogen and oxygen atoms in total. The van der Waals surface area contributed by atoms with Crippen molar-refractivity contribution in [2.45, 2.75) is 32.3 Å². The molecular weight excluding hydrogens is 314 g/mol. The Balaban J connectivity index is 1.47. The van der Waals surface area contributed by atoms with Crippen LogP contribution < -0.4 is 9.64 Å². The summed E-state index contributed by atoms with van der Waals surface area (Å²) in [6.07, 6.45) is 4.00. The Kier molecular flexibility index (Phi) is 4.57. The zero-order valence-electron chi connectivity index (χ0n) is 14.9. The summed E-state index contributed by atoms with van der Waals surface area (Å²) in [6.45, 7) is 5.75. The second-order valence-electron chi connectivity index (χ2n) is 7.00. The summed E-state index contributed by atoms with van der Waals surface area (Å²) < 4.78 is 10.8. The molecule has 2 unspecified atom stereocenters. The molecule has 0 bridgehead atoms. The van der Waals surface area contributed by atoms with Gasteiger partial charge in [-0.2, -0.15) is 0 Å². The van der Waals surface area contributed by atoms with E-state index in [2.05, 4.69) is 35.0 Å². The Morgan fingerprint density at radius 1 is 1.36 bits per heavy atom. The maximum atomic E-state index is 5.47. The van der Waals surface area contributed by atoms with E-state index >= 15 is 0 Å². The second kappa shape index (κ2) is 7.00. The van der Waals surface area contributed by atoms with Crippen molar-refractivity contribution < 1.29 is 9.47 Å². The zero-order valence-corrected chi connectivity index (χ0v) is 14.9. The number of ether oxygens (including phenoxy) is 2. The lowest BCUT2D eigenvalue weighted by atomic mass is 9.87. The highest BCUT2D eigenvalue weighted by atomic mass is 16.5. The van der Waals surface area contributed by atoms with Crippen LogP contribution >= 0.6 is 0 Å². The summed E-state index contributed by atoms with van der Waals surface area (Å²) in [5.74, 6) is 2.90. The lowest BCUT2D eigenvalue weighted by Gasteiger charge is -2.22. The van der Waals surface area contributed by atoms with Crippen LogP contribution in [0.15, 0.2) is 30.5 Å². The van der Waals surface area contributed by atoms with Crippen LogP contribution in [0.5, 0.6) is 5.75 Å². The highest BCUT2D eigenvalue weighted by Crippen LogP contribution is 2.34. The van der Waals surface area contributed by atoms with Gasteiger partial charge in [-0.05, 0) is 36.0 Å².